The van der Waals surface area contributed by atoms with Crippen LogP contribution in [0.2, 0.25) is 0 Å². The lowest BCUT2D eigenvalue weighted by molar-refractivity contribution is -0.117. The lowest BCUT2D eigenvalue weighted by Gasteiger charge is -2.22. The number of carbonyl (C=O) groups is 1. The molecule has 0 aliphatic heterocycles. The van der Waals surface area contributed by atoms with E-state index in [2.05, 4.69) is 26.8 Å². The minimum absolute atomic E-state index is 0.0932. The molecule has 0 aromatic heterocycles. The van der Waals surface area contributed by atoms with Gasteiger partial charge in [-0.05, 0) is 36.8 Å². The van der Waals surface area contributed by atoms with E-state index in [9.17, 15) is 4.79 Å². The van der Waals surface area contributed by atoms with Gasteiger partial charge in [-0.3, -0.25) is 0 Å². The molecule has 0 heterocycles. The van der Waals surface area contributed by atoms with Crippen molar-refractivity contribution in [2.24, 2.45) is 0 Å². The summed E-state index contributed by atoms with van der Waals surface area (Å²) in [6, 6.07) is 8.18. The summed E-state index contributed by atoms with van der Waals surface area (Å²) in [5.41, 5.74) is 1.33. The molecule has 0 radical (unpaired) electrons. The zero-order valence-corrected chi connectivity index (χ0v) is 12.0. The molecular weight excluding hydrogens is 224 g/mol. The molecule has 100 valence electrons. The van der Waals surface area contributed by atoms with Gasteiger partial charge in [0.15, 0.2) is 0 Å². The molecule has 1 aromatic rings. The summed E-state index contributed by atoms with van der Waals surface area (Å²) in [7, 11) is 0. The standard InChI is InChI=1S/C16H24O2/c1-13(17)9-7-8-12-18-15-11-6-5-10-14(15)16(2,3)4/h5-6,10-11H,7-9,12H2,1-4H3. The van der Waals surface area contributed by atoms with Crippen molar-refractivity contribution in [1.82, 2.24) is 0 Å². The number of benzene rings is 1. The van der Waals surface area contributed by atoms with E-state index in [1.807, 2.05) is 18.2 Å². The fourth-order valence-corrected chi connectivity index (χ4v) is 1.87. The van der Waals surface area contributed by atoms with Gasteiger partial charge in [0.05, 0.1) is 6.61 Å². The van der Waals surface area contributed by atoms with Gasteiger partial charge in [0.2, 0.25) is 0 Å². The molecule has 0 amide bonds. The molecule has 1 aromatic carbocycles. The highest BCUT2D eigenvalue weighted by Crippen LogP contribution is 2.30. The molecule has 0 atom stereocenters. The molecule has 18 heavy (non-hydrogen) atoms. The van der Waals surface area contributed by atoms with E-state index in [1.54, 1.807) is 6.92 Å². The molecule has 0 aliphatic rings. The fraction of sp³-hybridized carbons (Fsp3) is 0.562. The largest absolute Gasteiger partial charge is 0.493 e. The van der Waals surface area contributed by atoms with Gasteiger partial charge in [0.25, 0.3) is 0 Å². The van der Waals surface area contributed by atoms with Crippen molar-refractivity contribution in [3.05, 3.63) is 29.8 Å². The van der Waals surface area contributed by atoms with Gasteiger partial charge in [-0.15, -0.1) is 0 Å². The highest BCUT2D eigenvalue weighted by molar-refractivity contribution is 5.75. The normalized spacial score (nSPS) is 11.3. The van der Waals surface area contributed by atoms with Gasteiger partial charge < -0.3 is 9.53 Å². The molecule has 0 bridgehead atoms. The third kappa shape index (κ3) is 4.91. The van der Waals surface area contributed by atoms with E-state index in [0.29, 0.717) is 13.0 Å². The number of rotatable bonds is 6. The number of ketones is 1. The first-order valence-electron chi connectivity index (χ1n) is 6.63. The zero-order chi connectivity index (χ0) is 13.6. The van der Waals surface area contributed by atoms with Gasteiger partial charge in [-0.1, -0.05) is 39.0 Å². The number of hydrogen-bond acceptors (Lipinski definition) is 2. The van der Waals surface area contributed by atoms with Crippen LogP contribution in [0.15, 0.2) is 24.3 Å². The zero-order valence-electron chi connectivity index (χ0n) is 12.0. The van der Waals surface area contributed by atoms with E-state index in [1.165, 1.54) is 5.56 Å². The van der Waals surface area contributed by atoms with Crippen molar-refractivity contribution in [1.29, 1.82) is 0 Å². The lowest BCUT2D eigenvalue weighted by Crippen LogP contribution is -2.13. The van der Waals surface area contributed by atoms with Crippen LogP contribution < -0.4 is 4.74 Å². The first-order chi connectivity index (χ1) is 8.41. The molecule has 0 saturated carbocycles. The molecule has 0 fully saturated rings. The van der Waals surface area contributed by atoms with Gasteiger partial charge in [0, 0.05) is 6.42 Å². The molecule has 2 nitrogen and oxygen atoms in total. The molecule has 1 rings (SSSR count). The monoisotopic (exact) mass is 248 g/mol. The van der Waals surface area contributed by atoms with Crippen LogP contribution >= 0.6 is 0 Å². The van der Waals surface area contributed by atoms with Crippen LogP contribution in [-0.2, 0) is 10.2 Å². The second-order valence-electron chi connectivity index (χ2n) is 5.75. The van der Waals surface area contributed by atoms with Gasteiger partial charge in [-0.25, -0.2) is 0 Å². The Morgan fingerprint density at radius 3 is 2.44 bits per heavy atom. The maximum atomic E-state index is 10.8. The lowest BCUT2D eigenvalue weighted by atomic mass is 9.86. The summed E-state index contributed by atoms with van der Waals surface area (Å²) >= 11 is 0. The van der Waals surface area contributed by atoms with Crippen molar-refractivity contribution in [3.8, 4) is 5.75 Å². The maximum Gasteiger partial charge on any atom is 0.129 e. The van der Waals surface area contributed by atoms with Crippen LogP contribution in [0.4, 0.5) is 0 Å². The number of carbonyl (C=O) groups excluding carboxylic acids is 1. The summed E-state index contributed by atoms with van der Waals surface area (Å²) < 4.78 is 5.83. The van der Waals surface area contributed by atoms with E-state index < -0.39 is 0 Å². The molecule has 0 N–H and O–H groups in total. The predicted molar refractivity (Wildman–Crippen MR) is 75.2 cm³/mol. The molecule has 2 heteroatoms. The first kappa shape index (κ1) is 14.7. The minimum Gasteiger partial charge on any atom is -0.493 e. The third-order valence-corrected chi connectivity index (χ3v) is 2.88. The van der Waals surface area contributed by atoms with Crippen LogP contribution in [0.25, 0.3) is 0 Å². The molecular formula is C16H24O2. The average molecular weight is 248 g/mol. The SMILES string of the molecule is CC(=O)CCCCOc1ccccc1C(C)(C)C. The Morgan fingerprint density at radius 1 is 1.17 bits per heavy atom. The Morgan fingerprint density at radius 2 is 1.83 bits per heavy atom. The maximum absolute atomic E-state index is 10.8. The number of ether oxygens (including phenoxy) is 1. The second-order valence-corrected chi connectivity index (χ2v) is 5.75. The topological polar surface area (TPSA) is 26.3 Å². The quantitative estimate of drug-likeness (QED) is 0.708. The van der Waals surface area contributed by atoms with E-state index >= 15 is 0 Å². The predicted octanol–water partition coefficient (Wildman–Crippen LogP) is 4.12. The molecule has 0 aliphatic carbocycles. The van der Waals surface area contributed by atoms with Crippen LogP contribution in [-0.4, -0.2) is 12.4 Å². The van der Waals surface area contributed by atoms with E-state index in [0.717, 1.165) is 18.6 Å². The van der Waals surface area contributed by atoms with Crippen LogP contribution in [0, 0.1) is 0 Å². The number of unbranched alkanes of at least 4 members (excludes halogenated alkanes) is 1. The van der Waals surface area contributed by atoms with Gasteiger partial charge >= 0.3 is 0 Å². The minimum atomic E-state index is 0.0932. The summed E-state index contributed by atoms with van der Waals surface area (Å²) in [5, 5.41) is 0. The van der Waals surface area contributed by atoms with Gasteiger partial charge in [0.1, 0.15) is 11.5 Å². The summed E-state index contributed by atoms with van der Waals surface area (Å²) in [4.78, 5) is 10.8. The molecule has 0 unspecified atom stereocenters. The Hall–Kier alpha value is -1.31. The Balaban J connectivity index is 2.50. The van der Waals surface area contributed by atoms with Crippen LogP contribution in [0.3, 0.4) is 0 Å². The Labute approximate surface area is 110 Å². The summed E-state index contributed by atoms with van der Waals surface area (Å²) in [6.45, 7) is 8.87. The number of hydrogen-bond donors (Lipinski definition) is 0. The van der Waals surface area contributed by atoms with E-state index in [4.69, 9.17) is 4.74 Å². The van der Waals surface area contributed by atoms with Crippen LogP contribution in [0.5, 0.6) is 5.75 Å². The number of Topliss-reactive ketones (excluding diaryl/α,β-unsaturated/α-hetero) is 1. The second kappa shape index (κ2) is 6.58. The van der Waals surface area contributed by atoms with Crippen molar-refractivity contribution in [3.63, 3.8) is 0 Å². The number of para-hydroxylation sites is 1. The van der Waals surface area contributed by atoms with Crippen molar-refractivity contribution < 1.29 is 9.53 Å². The summed E-state index contributed by atoms with van der Waals surface area (Å²) in [5.74, 6) is 1.22. The highest BCUT2D eigenvalue weighted by atomic mass is 16.5. The van der Waals surface area contributed by atoms with E-state index in [-0.39, 0.29) is 11.2 Å². The third-order valence-electron chi connectivity index (χ3n) is 2.88. The smallest absolute Gasteiger partial charge is 0.129 e. The average Bonchev–Trinajstić information content (AvgIpc) is 2.27. The van der Waals surface area contributed by atoms with Gasteiger partial charge in [-0.2, -0.15) is 0 Å². The van der Waals surface area contributed by atoms with Crippen molar-refractivity contribution in [2.75, 3.05) is 6.61 Å². The highest BCUT2D eigenvalue weighted by Gasteiger charge is 2.18. The molecule has 0 saturated heterocycles. The van der Waals surface area contributed by atoms with Crippen molar-refractivity contribution >= 4 is 5.78 Å². The summed E-state index contributed by atoms with van der Waals surface area (Å²) in [6.07, 6.45) is 2.50. The fourth-order valence-electron chi connectivity index (χ4n) is 1.87. The Kier molecular flexibility index (Phi) is 5.39. The first-order valence-corrected chi connectivity index (χ1v) is 6.63. The van der Waals surface area contributed by atoms with Crippen LogP contribution in [0.1, 0.15) is 52.5 Å². The molecule has 0 spiro atoms. The Bertz CT molecular complexity index is 388. The van der Waals surface area contributed by atoms with Crippen molar-refractivity contribution in [2.45, 2.75) is 52.4 Å².